The van der Waals surface area contributed by atoms with Crippen molar-refractivity contribution in [2.75, 3.05) is 6.54 Å². The Kier molecular flexibility index (Phi) is 2.68. The molecule has 4 nitrogen and oxygen atoms in total. The van der Waals surface area contributed by atoms with Crippen LogP contribution in [0, 0.1) is 11.8 Å². The normalized spacial score (nSPS) is 29.6. The second-order valence-corrected chi connectivity index (χ2v) is 3.13. The standard InChI is InChI=1S/C8H14N2O2/c1-2-5-3-4-10-8(12)6(5)7(9)11/h5-6H,2-4H2,1H3,(H2,9,11)(H,10,12). The third-order valence-corrected chi connectivity index (χ3v) is 2.40. The molecule has 0 aromatic carbocycles. The van der Waals surface area contributed by atoms with E-state index in [1.807, 2.05) is 6.92 Å². The molecule has 1 fully saturated rings. The lowest BCUT2D eigenvalue weighted by atomic mass is 9.83. The maximum atomic E-state index is 11.2. The molecule has 2 atom stereocenters. The first-order valence-electron chi connectivity index (χ1n) is 4.23. The van der Waals surface area contributed by atoms with E-state index >= 15 is 0 Å². The summed E-state index contributed by atoms with van der Waals surface area (Å²) in [5.41, 5.74) is 5.12. The van der Waals surface area contributed by atoms with E-state index in [0.717, 1.165) is 12.8 Å². The Hall–Kier alpha value is -1.06. The Bertz CT molecular complexity index is 203. The number of piperidine rings is 1. The highest BCUT2D eigenvalue weighted by molar-refractivity contribution is 6.00. The monoisotopic (exact) mass is 170 g/mol. The lowest BCUT2D eigenvalue weighted by Crippen LogP contribution is -2.48. The molecule has 1 saturated heterocycles. The van der Waals surface area contributed by atoms with E-state index in [0.29, 0.717) is 6.54 Å². The summed E-state index contributed by atoms with van der Waals surface area (Å²) >= 11 is 0. The average Bonchev–Trinajstić information content (AvgIpc) is 2.03. The van der Waals surface area contributed by atoms with Gasteiger partial charge in [0.2, 0.25) is 11.8 Å². The lowest BCUT2D eigenvalue weighted by molar-refractivity contribution is -0.137. The molecular formula is C8H14N2O2. The van der Waals surface area contributed by atoms with Gasteiger partial charge in [-0.1, -0.05) is 13.3 Å². The summed E-state index contributed by atoms with van der Waals surface area (Å²) in [7, 11) is 0. The van der Waals surface area contributed by atoms with Crippen molar-refractivity contribution >= 4 is 11.8 Å². The van der Waals surface area contributed by atoms with Crippen LogP contribution >= 0.6 is 0 Å². The fourth-order valence-corrected chi connectivity index (χ4v) is 1.67. The summed E-state index contributed by atoms with van der Waals surface area (Å²) < 4.78 is 0. The van der Waals surface area contributed by atoms with Crippen LogP contribution < -0.4 is 11.1 Å². The Balaban J connectivity index is 2.72. The molecule has 68 valence electrons. The van der Waals surface area contributed by atoms with Crippen molar-refractivity contribution in [3.63, 3.8) is 0 Å². The number of amides is 2. The first kappa shape index (κ1) is 9.03. The van der Waals surface area contributed by atoms with Crippen LogP contribution in [-0.2, 0) is 9.59 Å². The minimum Gasteiger partial charge on any atom is -0.369 e. The van der Waals surface area contributed by atoms with Gasteiger partial charge in [0.05, 0.1) is 0 Å². The van der Waals surface area contributed by atoms with Gasteiger partial charge in [0, 0.05) is 6.54 Å². The number of nitrogens with two attached hydrogens (primary N) is 1. The highest BCUT2D eigenvalue weighted by atomic mass is 16.2. The van der Waals surface area contributed by atoms with Crippen molar-refractivity contribution < 1.29 is 9.59 Å². The van der Waals surface area contributed by atoms with E-state index < -0.39 is 11.8 Å². The molecule has 4 heteroatoms. The average molecular weight is 170 g/mol. The van der Waals surface area contributed by atoms with Gasteiger partial charge in [0.1, 0.15) is 5.92 Å². The SMILES string of the molecule is CCC1CCNC(=O)C1C(N)=O. The Labute approximate surface area is 71.5 Å². The molecule has 0 saturated carbocycles. The molecule has 0 aliphatic carbocycles. The van der Waals surface area contributed by atoms with E-state index in [1.54, 1.807) is 0 Å². The van der Waals surface area contributed by atoms with E-state index in [1.165, 1.54) is 0 Å². The quantitative estimate of drug-likeness (QED) is 0.555. The molecule has 12 heavy (non-hydrogen) atoms. The molecule has 0 spiro atoms. The van der Waals surface area contributed by atoms with E-state index in [9.17, 15) is 9.59 Å². The van der Waals surface area contributed by atoms with E-state index in [4.69, 9.17) is 5.73 Å². The van der Waals surface area contributed by atoms with E-state index in [2.05, 4.69) is 5.32 Å². The van der Waals surface area contributed by atoms with Crippen molar-refractivity contribution in [2.45, 2.75) is 19.8 Å². The Morgan fingerprint density at radius 1 is 1.75 bits per heavy atom. The number of nitrogens with one attached hydrogen (secondary N) is 1. The summed E-state index contributed by atoms with van der Waals surface area (Å²) in [6.07, 6.45) is 1.69. The predicted octanol–water partition coefficient (Wildman–Crippen LogP) is -0.366. The summed E-state index contributed by atoms with van der Waals surface area (Å²) in [4.78, 5) is 22.1. The topological polar surface area (TPSA) is 72.2 Å². The smallest absolute Gasteiger partial charge is 0.232 e. The molecule has 0 aromatic heterocycles. The Morgan fingerprint density at radius 2 is 2.42 bits per heavy atom. The number of rotatable bonds is 2. The highest BCUT2D eigenvalue weighted by Crippen LogP contribution is 2.22. The molecule has 1 rings (SSSR count). The number of primary amides is 1. The zero-order valence-electron chi connectivity index (χ0n) is 7.17. The van der Waals surface area contributed by atoms with Crippen LogP contribution in [-0.4, -0.2) is 18.4 Å². The molecule has 1 aliphatic heterocycles. The van der Waals surface area contributed by atoms with Crippen molar-refractivity contribution in [3.05, 3.63) is 0 Å². The number of carbonyl (C=O) groups excluding carboxylic acids is 2. The predicted molar refractivity (Wildman–Crippen MR) is 44.1 cm³/mol. The van der Waals surface area contributed by atoms with Crippen molar-refractivity contribution in [1.82, 2.24) is 5.32 Å². The van der Waals surface area contributed by atoms with Crippen LogP contribution in [0.25, 0.3) is 0 Å². The first-order valence-corrected chi connectivity index (χ1v) is 4.23. The summed E-state index contributed by atoms with van der Waals surface area (Å²) in [6.45, 7) is 2.64. The second kappa shape index (κ2) is 3.56. The maximum Gasteiger partial charge on any atom is 0.232 e. The van der Waals surface area contributed by atoms with Gasteiger partial charge in [-0.2, -0.15) is 0 Å². The Morgan fingerprint density at radius 3 is 2.83 bits per heavy atom. The second-order valence-electron chi connectivity index (χ2n) is 3.13. The van der Waals surface area contributed by atoms with Gasteiger partial charge in [0.15, 0.2) is 0 Å². The fourth-order valence-electron chi connectivity index (χ4n) is 1.67. The van der Waals surface area contributed by atoms with Crippen LogP contribution in [0.1, 0.15) is 19.8 Å². The summed E-state index contributed by atoms with van der Waals surface area (Å²) in [6, 6.07) is 0. The van der Waals surface area contributed by atoms with Gasteiger partial charge >= 0.3 is 0 Å². The minimum atomic E-state index is -0.608. The maximum absolute atomic E-state index is 11.2. The molecule has 1 heterocycles. The van der Waals surface area contributed by atoms with Crippen LogP contribution in [0.4, 0.5) is 0 Å². The van der Waals surface area contributed by atoms with Crippen LogP contribution in [0.3, 0.4) is 0 Å². The largest absolute Gasteiger partial charge is 0.369 e. The molecule has 0 radical (unpaired) electrons. The zero-order chi connectivity index (χ0) is 9.14. The fraction of sp³-hybridized carbons (Fsp3) is 0.750. The number of carbonyl (C=O) groups is 2. The number of hydrogen-bond acceptors (Lipinski definition) is 2. The zero-order valence-corrected chi connectivity index (χ0v) is 7.17. The molecular weight excluding hydrogens is 156 g/mol. The molecule has 0 aromatic rings. The third-order valence-electron chi connectivity index (χ3n) is 2.40. The summed E-state index contributed by atoms with van der Waals surface area (Å²) in [5.74, 6) is -1.18. The third kappa shape index (κ3) is 1.57. The van der Waals surface area contributed by atoms with Gasteiger partial charge in [0.25, 0.3) is 0 Å². The van der Waals surface area contributed by atoms with Gasteiger partial charge in [-0.15, -0.1) is 0 Å². The lowest BCUT2D eigenvalue weighted by Gasteiger charge is -2.27. The van der Waals surface area contributed by atoms with Crippen molar-refractivity contribution in [2.24, 2.45) is 17.6 Å². The summed E-state index contributed by atoms with van der Waals surface area (Å²) in [5, 5.41) is 2.64. The van der Waals surface area contributed by atoms with Crippen molar-refractivity contribution in [1.29, 1.82) is 0 Å². The molecule has 3 N–H and O–H groups in total. The van der Waals surface area contributed by atoms with E-state index in [-0.39, 0.29) is 11.8 Å². The minimum absolute atomic E-state index is 0.135. The highest BCUT2D eigenvalue weighted by Gasteiger charge is 2.34. The van der Waals surface area contributed by atoms with Gasteiger partial charge in [-0.05, 0) is 12.3 Å². The molecule has 2 unspecified atom stereocenters. The molecule has 2 amide bonds. The van der Waals surface area contributed by atoms with Gasteiger partial charge in [-0.3, -0.25) is 9.59 Å². The van der Waals surface area contributed by atoms with Crippen molar-refractivity contribution in [3.8, 4) is 0 Å². The molecule has 0 bridgehead atoms. The number of hydrogen-bond donors (Lipinski definition) is 2. The van der Waals surface area contributed by atoms with Gasteiger partial charge < -0.3 is 11.1 Å². The van der Waals surface area contributed by atoms with Gasteiger partial charge in [-0.25, -0.2) is 0 Å². The first-order chi connectivity index (χ1) is 5.66. The molecule has 1 aliphatic rings. The van der Waals surface area contributed by atoms with Crippen LogP contribution in [0.2, 0.25) is 0 Å². The van der Waals surface area contributed by atoms with Crippen LogP contribution in [0.15, 0.2) is 0 Å². The van der Waals surface area contributed by atoms with Crippen LogP contribution in [0.5, 0.6) is 0 Å².